The van der Waals surface area contributed by atoms with Crippen molar-refractivity contribution in [2.75, 3.05) is 7.11 Å². The molecule has 0 saturated heterocycles. The van der Waals surface area contributed by atoms with Crippen molar-refractivity contribution in [3.63, 3.8) is 0 Å². The number of para-hydroxylation sites is 2. The topological polar surface area (TPSA) is 104 Å². The van der Waals surface area contributed by atoms with Crippen molar-refractivity contribution in [1.82, 2.24) is 0 Å². The molecule has 1 aromatic rings. The van der Waals surface area contributed by atoms with Gasteiger partial charge < -0.3 is 10.2 Å². The van der Waals surface area contributed by atoms with E-state index in [0.717, 1.165) is 7.11 Å². The highest BCUT2D eigenvalue weighted by molar-refractivity contribution is 7.80. The van der Waals surface area contributed by atoms with E-state index in [9.17, 15) is 8.42 Å². The maximum absolute atomic E-state index is 9.33. The molecule has 0 saturated carbocycles. The van der Waals surface area contributed by atoms with Crippen LogP contribution in [0.2, 0.25) is 0 Å². The zero-order valence-electron chi connectivity index (χ0n) is 7.28. The molecule has 0 heterocycles. The van der Waals surface area contributed by atoms with Crippen molar-refractivity contribution in [3.05, 3.63) is 24.3 Å². The number of benzene rings is 1. The van der Waals surface area contributed by atoms with Crippen LogP contribution in [0.25, 0.3) is 0 Å². The molecule has 80 valence electrons. The summed E-state index contributed by atoms with van der Waals surface area (Å²) >= 11 is 0. The third kappa shape index (κ3) is 6.23. The van der Waals surface area contributed by atoms with Gasteiger partial charge in [0, 0.05) is 0 Å². The Balaban J connectivity index is 0.000000255. The first-order valence-corrected chi connectivity index (χ1v) is 4.73. The first-order chi connectivity index (χ1) is 6.37. The molecule has 0 aliphatic carbocycles. The molecule has 3 N–H and O–H groups in total. The van der Waals surface area contributed by atoms with Gasteiger partial charge in [0.05, 0.1) is 7.11 Å². The summed E-state index contributed by atoms with van der Waals surface area (Å²) in [4.78, 5) is 0. The zero-order chi connectivity index (χ0) is 11.2. The predicted octanol–water partition coefficient (Wildman–Crippen LogP) is 0.533. The van der Waals surface area contributed by atoms with E-state index in [1.807, 2.05) is 0 Å². The maximum Gasteiger partial charge on any atom is 0.397 e. The first-order valence-electron chi connectivity index (χ1n) is 3.37. The molecule has 6 nitrogen and oxygen atoms in total. The van der Waals surface area contributed by atoms with E-state index in [0.29, 0.717) is 0 Å². The van der Waals surface area contributed by atoms with Gasteiger partial charge in [0.25, 0.3) is 0 Å². The molecule has 0 aliphatic rings. The lowest BCUT2D eigenvalue weighted by Gasteiger charge is -1.91. The number of phenols is 2. The lowest BCUT2D eigenvalue weighted by molar-refractivity contribution is 0.324. The van der Waals surface area contributed by atoms with E-state index in [1.165, 1.54) is 12.1 Å². The van der Waals surface area contributed by atoms with Gasteiger partial charge in [-0.05, 0) is 12.1 Å². The molecular formula is C7H10O6S. The fourth-order valence-corrected chi connectivity index (χ4v) is 0.464. The molecule has 0 bridgehead atoms. The van der Waals surface area contributed by atoms with Crippen LogP contribution in [-0.4, -0.2) is 30.3 Å². The summed E-state index contributed by atoms with van der Waals surface area (Å²) in [5.74, 6) is -0.153. The van der Waals surface area contributed by atoms with E-state index in [2.05, 4.69) is 4.18 Å². The summed E-state index contributed by atoms with van der Waals surface area (Å²) in [5.41, 5.74) is 0. The fraction of sp³-hybridized carbons (Fsp3) is 0.143. The number of aromatic hydroxyl groups is 2. The van der Waals surface area contributed by atoms with Crippen molar-refractivity contribution in [2.24, 2.45) is 0 Å². The molecule has 0 aromatic heterocycles. The summed E-state index contributed by atoms with van der Waals surface area (Å²) in [7, 11) is -3.29. The number of phenolic OH excluding ortho intramolecular Hbond substituents is 2. The summed E-state index contributed by atoms with van der Waals surface area (Å²) in [6.45, 7) is 0. The maximum atomic E-state index is 9.33. The Morgan fingerprint density at radius 1 is 1.14 bits per heavy atom. The third-order valence-electron chi connectivity index (χ3n) is 1.09. The van der Waals surface area contributed by atoms with Crippen LogP contribution in [0.1, 0.15) is 0 Å². The van der Waals surface area contributed by atoms with Gasteiger partial charge in [-0.2, -0.15) is 8.42 Å². The number of hydrogen-bond donors (Lipinski definition) is 3. The van der Waals surface area contributed by atoms with Crippen molar-refractivity contribution >= 4 is 10.4 Å². The molecule has 0 atom stereocenters. The second kappa shape index (κ2) is 5.43. The van der Waals surface area contributed by atoms with Crippen LogP contribution >= 0.6 is 0 Å². The minimum absolute atomic E-state index is 0.0764. The van der Waals surface area contributed by atoms with E-state index < -0.39 is 10.4 Å². The van der Waals surface area contributed by atoms with Crippen LogP contribution in [-0.2, 0) is 14.6 Å². The van der Waals surface area contributed by atoms with Crippen molar-refractivity contribution in [2.45, 2.75) is 0 Å². The summed E-state index contributed by atoms with van der Waals surface area (Å²) in [5, 5.41) is 17.3. The SMILES string of the molecule is COS(=O)(=O)O.Oc1ccccc1O. The lowest BCUT2D eigenvalue weighted by atomic mass is 10.3. The van der Waals surface area contributed by atoms with Gasteiger partial charge in [0.15, 0.2) is 11.5 Å². The number of hydrogen-bond acceptors (Lipinski definition) is 5. The highest BCUT2D eigenvalue weighted by atomic mass is 32.3. The Labute approximate surface area is 81.3 Å². The van der Waals surface area contributed by atoms with Gasteiger partial charge >= 0.3 is 10.4 Å². The monoisotopic (exact) mass is 222 g/mol. The van der Waals surface area contributed by atoms with Crippen LogP contribution in [0.15, 0.2) is 24.3 Å². The average Bonchev–Trinajstić information content (AvgIpc) is 2.10. The fourth-order valence-electron chi connectivity index (χ4n) is 0.464. The molecule has 0 unspecified atom stereocenters. The molecule has 14 heavy (non-hydrogen) atoms. The first kappa shape index (κ1) is 12.7. The van der Waals surface area contributed by atoms with Gasteiger partial charge in [-0.25, -0.2) is 0 Å². The van der Waals surface area contributed by atoms with E-state index in [1.54, 1.807) is 12.1 Å². The molecule has 0 fully saturated rings. The molecule has 7 heteroatoms. The van der Waals surface area contributed by atoms with Gasteiger partial charge in [-0.15, -0.1) is 0 Å². The largest absolute Gasteiger partial charge is 0.504 e. The normalized spacial score (nSPS) is 10.1. The summed E-state index contributed by atoms with van der Waals surface area (Å²) in [6.07, 6.45) is 0. The van der Waals surface area contributed by atoms with Gasteiger partial charge in [-0.3, -0.25) is 8.74 Å². The highest BCUT2D eigenvalue weighted by Gasteiger charge is 1.94. The van der Waals surface area contributed by atoms with Gasteiger partial charge in [0.1, 0.15) is 0 Å². The third-order valence-corrected chi connectivity index (χ3v) is 1.51. The minimum atomic E-state index is -4.16. The standard InChI is InChI=1S/C6H6O2.CH4O4S/c7-5-3-1-2-4-6(5)8;1-5-6(2,3)4/h1-4,7-8H;1H3,(H,2,3,4). The van der Waals surface area contributed by atoms with E-state index in [-0.39, 0.29) is 11.5 Å². The lowest BCUT2D eigenvalue weighted by Crippen LogP contribution is -1.96. The predicted molar refractivity (Wildman–Crippen MR) is 48.3 cm³/mol. The average molecular weight is 222 g/mol. The van der Waals surface area contributed by atoms with Crippen LogP contribution < -0.4 is 0 Å². The number of rotatable bonds is 1. The Kier molecular flexibility index (Phi) is 4.92. The second-order valence-corrected chi connectivity index (χ2v) is 3.27. The summed E-state index contributed by atoms with van der Waals surface area (Å²) < 4.78 is 29.7. The molecule has 0 aliphatic heterocycles. The Morgan fingerprint density at radius 2 is 1.43 bits per heavy atom. The van der Waals surface area contributed by atoms with Crippen LogP contribution in [0.4, 0.5) is 0 Å². The Morgan fingerprint density at radius 3 is 1.57 bits per heavy atom. The zero-order valence-corrected chi connectivity index (χ0v) is 8.10. The quantitative estimate of drug-likeness (QED) is 0.473. The molecule has 0 spiro atoms. The van der Waals surface area contributed by atoms with Crippen LogP contribution in [0.3, 0.4) is 0 Å². The van der Waals surface area contributed by atoms with Crippen molar-refractivity contribution in [3.8, 4) is 11.5 Å². The second-order valence-electron chi connectivity index (χ2n) is 2.08. The summed E-state index contributed by atoms with van der Waals surface area (Å²) in [6, 6.07) is 6.15. The molecule has 0 amide bonds. The highest BCUT2D eigenvalue weighted by Crippen LogP contribution is 2.21. The molecule has 1 aromatic carbocycles. The Hall–Kier alpha value is -1.31. The van der Waals surface area contributed by atoms with Crippen LogP contribution in [0.5, 0.6) is 11.5 Å². The molecule has 0 radical (unpaired) electrons. The Bertz CT molecular complexity index is 351. The van der Waals surface area contributed by atoms with Gasteiger partial charge in [-0.1, -0.05) is 12.1 Å². The van der Waals surface area contributed by atoms with E-state index >= 15 is 0 Å². The van der Waals surface area contributed by atoms with E-state index in [4.69, 9.17) is 14.8 Å². The minimum Gasteiger partial charge on any atom is -0.504 e. The van der Waals surface area contributed by atoms with Crippen molar-refractivity contribution < 1.29 is 27.4 Å². The molecule has 1 rings (SSSR count). The molecular weight excluding hydrogens is 212 g/mol. The van der Waals surface area contributed by atoms with Gasteiger partial charge in [0.2, 0.25) is 0 Å². The van der Waals surface area contributed by atoms with Crippen LogP contribution in [0, 0.1) is 0 Å². The smallest absolute Gasteiger partial charge is 0.397 e. The van der Waals surface area contributed by atoms with Crippen molar-refractivity contribution in [1.29, 1.82) is 0 Å².